The van der Waals surface area contributed by atoms with Crippen molar-refractivity contribution in [2.24, 2.45) is 4.99 Å². The summed E-state index contributed by atoms with van der Waals surface area (Å²) in [4.78, 5) is 24.9. The molecule has 1 aromatic heterocycles. The summed E-state index contributed by atoms with van der Waals surface area (Å²) in [5, 5.41) is 14.4. The number of anilines is 3. The minimum atomic E-state index is -1.38. The summed E-state index contributed by atoms with van der Waals surface area (Å²) in [7, 11) is 0. The van der Waals surface area contributed by atoms with Gasteiger partial charge in [-0.2, -0.15) is 0 Å². The number of aliphatic imine (C=N–C) groups is 1. The molecule has 0 aliphatic carbocycles. The van der Waals surface area contributed by atoms with Crippen LogP contribution in [0, 0.1) is 0 Å². The number of hydrogen-bond acceptors (Lipinski definition) is 6. The van der Waals surface area contributed by atoms with E-state index in [1.54, 1.807) is 42.4 Å². The predicted octanol–water partition coefficient (Wildman–Crippen LogP) is 1.84. The van der Waals surface area contributed by atoms with Crippen LogP contribution in [0.15, 0.2) is 47.6 Å². The summed E-state index contributed by atoms with van der Waals surface area (Å²) < 4.78 is 0. The zero-order valence-corrected chi connectivity index (χ0v) is 13.9. The van der Waals surface area contributed by atoms with Crippen molar-refractivity contribution in [1.29, 1.82) is 0 Å². The summed E-state index contributed by atoms with van der Waals surface area (Å²) in [6.07, 6.45) is 3.45. The molecule has 2 aliphatic rings. The van der Waals surface area contributed by atoms with Crippen LogP contribution in [0.3, 0.4) is 0 Å². The molecule has 0 spiro atoms. The summed E-state index contributed by atoms with van der Waals surface area (Å²) in [5.74, 6) is -1.09. The SMILES string of the molecule is C[C@@](O)(N1CC=NCC1)N1c2ccccc2C(=O)Nc2cccnc21. The van der Waals surface area contributed by atoms with Crippen molar-refractivity contribution in [1.82, 2.24) is 9.88 Å². The molecule has 4 rings (SSSR count). The molecular weight excluding hydrogens is 318 g/mol. The Morgan fingerprint density at radius 3 is 2.88 bits per heavy atom. The van der Waals surface area contributed by atoms with Crippen molar-refractivity contribution in [3.8, 4) is 0 Å². The maximum absolute atomic E-state index is 12.6. The Morgan fingerprint density at radius 2 is 2.08 bits per heavy atom. The van der Waals surface area contributed by atoms with Gasteiger partial charge in [0, 0.05) is 25.5 Å². The number of carbonyl (C=O) groups excluding carboxylic acids is 1. The van der Waals surface area contributed by atoms with Gasteiger partial charge in [-0.3, -0.25) is 19.6 Å². The largest absolute Gasteiger partial charge is 0.358 e. The van der Waals surface area contributed by atoms with Crippen molar-refractivity contribution in [2.75, 3.05) is 29.9 Å². The lowest BCUT2D eigenvalue weighted by atomic mass is 10.1. The van der Waals surface area contributed by atoms with Gasteiger partial charge in [0.25, 0.3) is 5.91 Å². The van der Waals surface area contributed by atoms with E-state index in [1.807, 2.05) is 23.1 Å². The average Bonchev–Trinajstić information content (AvgIpc) is 2.77. The number of pyridine rings is 1. The van der Waals surface area contributed by atoms with Crippen LogP contribution in [0.2, 0.25) is 0 Å². The van der Waals surface area contributed by atoms with Crippen molar-refractivity contribution in [2.45, 2.75) is 12.8 Å². The van der Waals surface area contributed by atoms with Gasteiger partial charge < -0.3 is 10.4 Å². The van der Waals surface area contributed by atoms with Crippen molar-refractivity contribution < 1.29 is 9.90 Å². The molecule has 1 atom stereocenters. The first-order valence-electron chi connectivity index (χ1n) is 8.20. The molecule has 1 amide bonds. The Balaban J connectivity index is 1.92. The number of para-hydroxylation sites is 1. The molecule has 0 saturated carbocycles. The van der Waals surface area contributed by atoms with Gasteiger partial charge in [-0.1, -0.05) is 12.1 Å². The molecule has 0 fully saturated rings. The molecule has 0 radical (unpaired) electrons. The van der Waals surface area contributed by atoms with Crippen LogP contribution in [0.5, 0.6) is 0 Å². The Kier molecular flexibility index (Phi) is 3.74. The lowest BCUT2D eigenvalue weighted by Gasteiger charge is -2.45. The number of benzene rings is 1. The minimum absolute atomic E-state index is 0.219. The van der Waals surface area contributed by atoms with Crippen LogP contribution < -0.4 is 10.2 Å². The van der Waals surface area contributed by atoms with Crippen LogP contribution in [-0.4, -0.2) is 52.6 Å². The topological polar surface area (TPSA) is 81.1 Å². The maximum atomic E-state index is 12.6. The molecular formula is C18H19N5O2. The molecule has 0 saturated heterocycles. The molecule has 3 heterocycles. The number of fused-ring (bicyclic) bond motifs is 2. The lowest BCUT2D eigenvalue weighted by molar-refractivity contribution is -0.0792. The summed E-state index contributed by atoms with van der Waals surface area (Å²) in [6.45, 7) is 3.48. The Hall–Kier alpha value is -2.77. The summed E-state index contributed by atoms with van der Waals surface area (Å²) in [6, 6.07) is 10.8. The quantitative estimate of drug-likeness (QED) is 0.874. The molecule has 0 unspecified atom stereocenters. The molecule has 2 aromatic rings. The Labute approximate surface area is 145 Å². The third-order valence-electron chi connectivity index (χ3n) is 4.59. The fraction of sp³-hybridized carbons (Fsp3) is 0.278. The van der Waals surface area contributed by atoms with Gasteiger partial charge in [-0.25, -0.2) is 4.98 Å². The van der Waals surface area contributed by atoms with E-state index < -0.39 is 5.85 Å². The van der Waals surface area contributed by atoms with E-state index in [0.29, 0.717) is 42.4 Å². The molecule has 0 bridgehead atoms. The summed E-state index contributed by atoms with van der Waals surface area (Å²) >= 11 is 0. The number of aliphatic hydroxyl groups is 1. The third kappa shape index (κ3) is 2.57. The first kappa shape index (κ1) is 15.7. The van der Waals surface area contributed by atoms with Gasteiger partial charge in [0.15, 0.2) is 5.82 Å². The zero-order chi connectivity index (χ0) is 17.4. The van der Waals surface area contributed by atoms with E-state index in [9.17, 15) is 9.90 Å². The van der Waals surface area contributed by atoms with Gasteiger partial charge in [0.1, 0.15) is 0 Å². The number of nitrogens with zero attached hydrogens (tertiary/aromatic N) is 4. The highest BCUT2D eigenvalue weighted by atomic mass is 16.3. The van der Waals surface area contributed by atoms with Gasteiger partial charge in [0.2, 0.25) is 5.85 Å². The van der Waals surface area contributed by atoms with Crippen LogP contribution in [0.1, 0.15) is 17.3 Å². The monoisotopic (exact) mass is 337 g/mol. The second-order valence-corrected chi connectivity index (χ2v) is 6.19. The standard InChI is InChI=1S/C18H19N5O2/c1-18(25,22-11-9-19-10-12-22)23-15-7-3-2-5-13(15)17(24)21-14-6-4-8-20-16(14)23/h2-9,25H,10-12H2,1H3,(H,21,24)/t18-/m1/s1. The molecule has 7 heteroatoms. The predicted molar refractivity (Wildman–Crippen MR) is 96.3 cm³/mol. The Bertz CT molecular complexity index is 849. The number of carbonyl (C=O) groups is 1. The smallest absolute Gasteiger partial charge is 0.257 e. The molecule has 7 nitrogen and oxygen atoms in total. The lowest BCUT2D eigenvalue weighted by Crippen LogP contribution is -2.59. The van der Waals surface area contributed by atoms with E-state index in [2.05, 4.69) is 15.3 Å². The van der Waals surface area contributed by atoms with E-state index >= 15 is 0 Å². The first-order chi connectivity index (χ1) is 12.1. The molecule has 128 valence electrons. The number of aromatic nitrogens is 1. The third-order valence-corrected chi connectivity index (χ3v) is 4.59. The molecule has 1 aromatic carbocycles. The fourth-order valence-electron chi connectivity index (χ4n) is 3.31. The fourth-order valence-corrected chi connectivity index (χ4v) is 3.31. The van der Waals surface area contributed by atoms with Crippen LogP contribution in [-0.2, 0) is 0 Å². The van der Waals surface area contributed by atoms with Gasteiger partial charge >= 0.3 is 0 Å². The second kappa shape index (κ2) is 5.94. The number of amides is 1. The van der Waals surface area contributed by atoms with E-state index in [1.165, 1.54) is 0 Å². The van der Waals surface area contributed by atoms with Crippen molar-refractivity contribution in [3.63, 3.8) is 0 Å². The highest BCUT2D eigenvalue weighted by Crippen LogP contribution is 2.41. The number of nitrogens with one attached hydrogen (secondary N) is 1. The Morgan fingerprint density at radius 1 is 1.24 bits per heavy atom. The average molecular weight is 337 g/mol. The minimum Gasteiger partial charge on any atom is -0.358 e. The number of rotatable bonds is 2. The maximum Gasteiger partial charge on any atom is 0.257 e. The van der Waals surface area contributed by atoms with E-state index in [4.69, 9.17) is 0 Å². The number of hydrogen-bond donors (Lipinski definition) is 2. The van der Waals surface area contributed by atoms with Gasteiger partial charge in [0.05, 0.1) is 23.5 Å². The highest BCUT2D eigenvalue weighted by molar-refractivity contribution is 6.12. The molecule has 2 N–H and O–H groups in total. The zero-order valence-electron chi connectivity index (χ0n) is 13.9. The highest BCUT2D eigenvalue weighted by Gasteiger charge is 2.41. The molecule has 25 heavy (non-hydrogen) atoms. The van der Waals surface area contributed by atoms with Crippen molar-refractivity contribution in [3.05, 3.63) is 48.2 Å². The second-order valence-electron chi connectivity index (χ2n) is 6.19. The van der Waals surface area contributed by atoms with Gasteiger partial charge in [-0.05, 0) is 31.2 Å². The van der Waals surface area contributed by atoms with Crippen molar-refractivity contribution >= 4 is 29.3 Å². The van der Waals surface area contributed by atoms with Gasteiger partial charge in [-0.15, -0.1) is 0 Å². The van der Waals surface area contributed by atoms with Crippen LogP contribution in [0.25, 0.3) is 0 Å². The van der Waals surface area contributed by atoms with Crippen LogP contribution in [0.4, 0.5) is 17.2 Å². The van der Waals surface area contributed by atoms with E-state index in [-0.39, 0.29) is 5.91 Å². The van der Waals surface area contributed by atoms with E-state index in [0.717, 1.165) is 0 Å². The normalized spacial score (nSPS) is 19.4. The summed E-state index contributed by atoms with van der Waals surface area (Å²) in [5.41, 5.74) is 1.67. The first-order valence-corrected chi connectivity index (χ1v) is 8.20. The molecule has 2 aliphatic heterocycles. The van der Waals surface area contributed by atoms with Crippen LogP contribution >= 0.6 is 0 Å².